The standard InChI is InChI=1S/C8H16N2O/c9-8(11)5-7-3-1-2-4-10-6-7/h7,10H,1-6H2,(H2,9,11). The first-order valence-corrected chi connectivity index (χ1v) is 4.28. The Kier molecular flexibility index (Phi) is 3.36. The molecule has 3 nitrogen and oxygen atoms in total. The molecule has 1 unspecified atom stereocenters. The lowest BCUT2D eigenvalue weighted by atomic mass is 10.00. The summed E-state index contributed by atoms with van der Waals surface area (Å²) in [5, 5.41) is 3.29. The van der Waals surface area contributed by atoms with E-state index in [9.17, 15) is 4.79 Å². The van der Waals surface area contributed by atoms with Crippen LogP contribution < -0.4 is 11.1 Å². The number of nitrogens with two attached hydrogens (primary N) is 1. The highest BCUT2D eigenvalue weighted by Gasteiger charge is 2.13. The van der Waals surface area contributed by atoms with Gasteiger partial charge in [-0.15, -0.1) is 0 Å². The zero-order valence-corrected chi connectivity index (χ0v) is 6.81. The van der Waals surface area contributed by atoms with E-state index in [1.807, 2.05) is 0 Å². The average Bonchev–Trinajstić information content (AvgIpc) is 2.14. The Hall–Kier alpha value is -0.570. The number of carbonyl (C=O) groups is 1. The zero-order valence-electron chi connectivity index (χ0n) is 6.81. The maximum Gasteiger partial charge on any atom is 0.217 e. The Labute approximate surface area is 67.3 Å². The van der Waals surface area contributed by atoms with Gasteiger partial charge in [0.15, 0.2) is 0 Å². The van der Waals surface area contributed by atoms with E-state index in [0.29, 0.717) is 12.3 Å². The van der Waals surface area contributed by atoms with Crippen LogP contribution in [0.15, 0.2) is 0 Å². The van der Waals surface area contributed by atoms with Gasteiger partial charge >= 0.3 is 0 Å². The molecule has 1 heterocycles. The van der Waals surface area contributed by atoms with Gasteiger partial charge in [0.2, 0.25) is 5.91 Å². The van der Waals surface area contributed by atoms with Crippen LogP contribution >= 0.6 is 0 Å². The Balaban J connectivity index is 2.25. The summed E-state index contributed by atoms with van der Waals surface area (Å²) < 4.78 is 0. The van der Waals surface area contributed by atoms with Gasteiger partial charge in [-0.3, -0.25) is 4.79 Å². The second-order valence-electron chi connectivity index (χ2n) is 3.24. The third-order valence-electron chi connectivity index (χ3n) is 2.14. The highest BCUT2D eigenvalue weighted by Crippen LogP contribution is 2.13. The van der Waals surface area contributed by atoms with Crippen molar-refractivity contribution in [3.63, 3.8) is 0 Å². The van der Waals surface area contributed by atoms with Crippen LogP contribution in [0.2, 0.25) is 0 Å². The predicted molar refractivity (Wildman–Crippen MR) is 44.0 cm³/mol. The molecule has 3 N–H and O–H groups in total. The van der Waals surface area contributed by atoms with Crippen LogP contribution in [0, 0.1) is 5.92 Å². The fraction of sp³-hybridized carbons (Fsp3) is 0.875. The average molecular weight is 156 g/mol. The van der Waals surface area contributed by atoms with Crippen LogP contribution in [0.5, 0.6) is 0 Å². The summed E-state index contributed by atoms with van der Waals surface area (Å²) in [6.07, 6.45) is 4.16. The van der Waals surface area contributed by atoms with Crippen LogP contribution in [-0.2, 0) is 4.79 Å². The normalized spacial score (nSPS) is 26.0. The van der Waals surface area contributed by atoms with Crippen LogP contribution in [0.1, 0.15) is 25.7 Å². The van der Waals surface area contributed by atoms with Crippen molar-refractivity contribution < 1.29 is 4.79 Å². The minimum Gasteiger partial charge on any atom is -0.370 e. The van der Waals surface area contributed by atoms with Crippen molar-refractivity contribution >= 4 is 5.91 Å². The van der Waals surface area contributed by atoms with E-state index >= 15 is 0 Å². The molecule has 1 saturated heterocycles. The van der Waals surface area contributed by atoms with Crippen molar-refractivity contribution in [3.8, 4) is 0 Å². The Morgan fingerprint density at radius 1 is 1.55 bits per heavy atom. The molecule has 0 saturated carbocycles. The Morgan fingerprint density at radius 3 is 3.09 bits per heavy atom. The molecular weight excluding hydrogens is 140 g/mol. The molecule has 1 aliphatic rings. The minimum atomic E-state index is -0.168. The quantitative estimate of drug-likeness (QED) is 0.602. The van der Waals surface area contributed by atoms with Crippen molar-refractivity contribution in [3.05, 3.63) is 0 Å². The monoisotopic (exact) mass is 156 g/mol. The van der Waals surface area contributed by atoms with Gasteiger partial charge in [0.25, 0.3) is 0 Å². The highest BCUT2D eigenvalue weighted by atomic mass is 16.1. The van der Waals surface area contributed by atoms with Crippen LogP contribution in [0.4, 0.5) is 0 Å². The van der Waals surface area contributed by atoms with Crippen molar-refractivity contribution in [2.45, 2.75) is 25.7 Å². The van der Waals surface area contributed by atoms with E-state index in [4.69, 9.17) is 5.73 Å². The molecule has 1 rings (SSSR count). The zero-order chi connectivity index (χ0) is 8.10. The van der Waals surface area contributed by atoms with Gasteiger partial charge in [0.1, 0.15) is 0 Å². The van der Waals surface area contributed by atoms with E-state index in [0.717, 1.165) is 19.5 Å². The summed E-state index contributed by atoms with van der Waals surface area (Å²) in [6.45, 7) is 2.05. The smallest absolute Gasteiger partial charge is 0.217 e. The topological polar surface area (TPSA) is 55.1 Å². The number of hydrogen-bond acceptors (Lipinski definition) is 2. The van der Waals surface area contributed by atoms with Gasteiger partial charge in [-0.25, -0.2) is 0 Å². The number of nitrogens with one attached hydrogen (secondary N) is 1. The number of carbonyl (C=O) groups excluding carboxylic acids is 1. The Bertz CT molecular complexity index is 128. The maximum atomic E-state index is 10.6. The first-order chi connectivity index (χ1) is 5.29. The van der Waals surface area contributed by atoms with Gasteiger partial charge in [-0.05, 0) is 31.8 Å². The van der Waals surface area contributed by atoms with Gasteiger partial charge in [-0.1, -0.05) is 6.42 Å². The first-order valence-electron chi connectivity index (χ1n) is 4.28. The molecule has 0 bridgehead atoms. The van der Waals surface area contributed by atoms with Crippen LogP contribution in [0.3, 0.4) is 0 Å². The first kappa shape index (κ1) is 8.53. The van der Waals surface area contributed by atoms with E-state index in [-0.39, 0.29) is 5.91 Å². The fourth-order valence-electron chi connectivity index (χ4n) is 1.55. The predicted octanol–water partition coefficient (Wildman–Crippen LogP) is 0.251. The summed E-state index contributed by atoms with van der Waals surface area (Å²) in [7, 11) is 0. The van der Waals surface area contributed by atoms with E-state index < -0.39 is 0 Å². The van der Waals surface area contributed by atoms with E-state index in [1.165, 1.54) is 12.8 Å². The van der Waals surface area contributed by atoms with Crippen LogP contribution in [0.25, 0.3) is 0 Å². The Morgan fingerprint density at radius 2 is 2.36 bits per heavy atom. The second-order valence-corrected chi connectivity index (χ2v) is 3.24. The summed E-state index contributed by atoms with van der Waals surface area (Å²) in [5.41, 5.74) is 5.11. The minimum absolute atomic E-state index is 0.168. The summed E-state index contributed by atoms with van der Waals surface area (Å²) in [6, 6.07) is 0. The SMILES string of the molecule is NC(=O)CC1CCCCNC1. The summed E-state index contributed by atoms with van der Waals surface area (Å²) >= 11 is 0. The van der Waals surface area contributed by atoms with Gasteiger partial charge in [0, 0.05) is 6.42 Å². The molecular formula is C8H16N2O. The summed E-state index contributed by atoms with van der Waals surface area (Å²) in [5.74, 6) is 0.314. The molecule has 1 amide bonds. The van der Waals surface area contributed by atoms with Gasteiger partial charge in [-0.2, -0.15) is 0 Å². The van der Waals surface area contributed by atoms with Gasteiger partial charge < -0.3 is 11.1 Å². The summed E-state index contributed by atoms with van der Waals surface area (Å²) in [4.78, 5) is 10.6. The number of amides is 1. The lowest BCUT2D eigenvalue weighted by molar-refractivity contribution is -0.118. The number of hydrogen-bond donors (Lipinski definition) is 2. The number of primary amides is 1. The molecule has 64 valence electrons. The molecule has 0 radical (unpaired) electrons. The van der Waals surface area contributed by atoms with E-state index in [1.54, 1.807) is 0 Å². The molecule has 0 aromatic carbocycles. The molecule has 0 aromatic rings. The molecule has 0 spiro atoms. The van der Waals surface area contributed by atoms with Crippen molar-refractivity contribution in [1.82, 2.24) is 5.32 Å². The fourth-order valence-corrected chi connectivity index (χ4v) is 1.55. The van der Waals surface area contributed by atoms with Crippen molar-refractivity contribution in [2.75, 3.05) is 13.1 Å². The molecule has 0 aromatic heterocycles. The number of rotatable bonds is 2. The lowest BCUT2D eigenvalue weighted by Gasteiger charge is -2.10. The third kappa shape index (κ3) is 3.37. The van der Waals surface area contributed by atoms with Crippen molar-refractivity contribution in [1.29, 1.82) is 0 Å². The largest absolute Gasteiger partial charge is 0.370 e. The molecule has 1 fully saturated rings. The molecule has 1 atom stereocenters. The third-order valence-corrected chi connectivity index (χ3v) is 2.14. The molecule has 1 aliphatic heterocycles. The van der Waals surface area contributed by atoms with Crippen molar-refractivity contribution in [2.24, 2.45) is 11.7 Å². The molecule has 0 aliphatic carbocycles. The van der Waals surface area contributed by atoms with Crippen LogP contribution in [-0.4, -0.2) is 19.0 Å². The highest BCUT2D eigenvalue weighted by molar-refractivity contribution is 5.74. The van der Waals surface area contributed by atoms with E-state index in [2.05, 4.69) is 5.32 Å². The lowest BCUT2D eigenvalue weighted by Crippen LogP contribution is -2.25. The maximum absolute atomic E-state index is 10.6. The van der Waals surface area contributed by atoms with Gasteiger partial charge in [0.05, 0.1) is 0 Å². The molecule has 11 heavy (non-hydrogen) atoms. The molecule has 3 heteroatoms. The second kappa shape index (κ2) is 4.34.